The molecule has 3 heteroatoms. The van der Waals surface area contributed by atoms with E-state index in [4.69, 9.17) is 0 Å². The number of halogens is 1. The Labute approximate surface area is 101 Å². The summed E-state index contributed by atoms with van der Waals surface area (Å²) in [6, 6.07) is 4.63. The predicted molar refractivity (Wildman–Crippen MR) is 67.3 cm³/mol. The molecule has 0 fully saturated rings. The van der Waals surface area contributed by atoms with E-state index in [2.05, 4.69) is 6.92 Å². The quantitative estimate of drug-likeness (QED) is 0.597. The second-order valence-corrected chi connectivity index (χ2v) is 5.05. The van der Waals surface area contributed by atoms with Gasteiger partial charge in [0.05, 0.1) is 6.10 Å². The van der Waals surface area contributed by atoms with Crippen LogP contribution in [0.25, 0.3) is 0 Å². The number of benzene rings is 1. The van der Waals surface area contributed by atoms with Gasteiger partial charge in [-0.15, -0.1) is 11.8 Å². The summed E-state index contributed by atoms with van der Waals surface area (Å²) in [5, 5.41) is 9.55. The van der Waals surface area contributed by atoms with E-state index in [-0.39, 0.29) is 5.82 Å². The Morgan fingerprint density at radius 1 is 1.38 bits per heavy atom. The van der Waals surface area contributed by atoms with Crippen molar-refractivity contribution in [2.75, 3.05) is 5.75 Å². The molecule has 0 unspecified atom stereocenters. The first-order valence-corrected chi connectivity index (χ1v) is 6.74. The number of hydrogen-bond acceptors (Lipinski definition) is 2. The molecule has 0 aliphatic carbocycles. The fourth-order valence-corrected chi connectivity index (χ4v) is 2.64. The molecule has 1 aromatic carbocycles. The third kappa shape index (κ3) is 4.14. The van der Waals surface area contributed by atoms with E-state index >= 15 is 0 Å². The van der Waals surface area contributed by atoms with E-state index in [0.29, 0.717) is 5.56 Å². The molecule has 16 heavy (non-hydrogen) atoms. The molecule has 0 amide bonds. The third-order valence-corrected chi connectivity index (χ3v) is 3.60. The number of hydrogen-bond donors (Lipinski definition) is 1. The van der Waals surface area contributed by atoms with E-state index in [1.165, 1.54) is 25.0 Å². The molecule has 0 aliphatic rings. The molecule has 0 bridgehead atoms. The molecule has 1 aromatic rings. The van der Waals surface area contributed by atoms with Gasteiger partial charge in [-0.3, -0.25) is 0 Å². The number of rotatable bonds is 6. The van der Waals surface area contributed by atoms with Crippen molar-refractivity contribution < 1.29 is 9.50 Å². The van der Waals surface area contributed by atoms with E-state index in [9.17, 15) is 9.50 Å². The zero-order valence-electron chi connectivity index (χ0n) is 9.87. The second-order valence-electron chi connectivity index (χ2n) is 3.91. The van der Waals surface area contributed by atoms with Crippen molar-refractivity contribution in [3.63, 3.8) is 0 Å². The predicted octanol–water partition coefficient (Wildman–Crippen LogP) is 4.16. The van der Waals surface area contributed by atoms with Crippen molar-refractivity contribution in [2.45, 2.75) is 44.1 Å². The number of unbranched alkanes of at least 4 members (excludes halogenated alkanes) is 2. The molecule has 0 radical (unpaired) electrons. The Bertz CT molecular complexity index is 326. The first-order chi connectivity index (χ1) is 7.65. The zero-order valence-corrected chi connectivity index (χ0v) is 10.7. The summed E-state index contributed by atoms with van der Waals surface area (Å²) >= 11 is 1.70. The SMILES string of the molecule is CCCCCSc1ccc(F)cc1[C@H](C)O. The maximum atomic E-state index is 13.0. The fraction of sp³-hybridized carbons (Fsp3) is 0.538. The molecule has 0 aliphatic heterocycles. The normalized spacial score (nSPS) is 12.8. The van der Waals surface area contributed by atoms with Gasteiger partial charge in [0.25, 0.3) is 0 Å². The van der Waals surface area contributed by atoms with Crippen molar-refractivity contribution >= 4 is 11.8 Å². The van der Waals surface area contributed by atoms with Crippen LogP contribution < -0.4 is 0 Å². The van der Waals surface area contributed by atoms with Crippen molar-refractivity contribution in [1.29, 1.82) is 0 Å². The molecule has 1 nitrogen and oxygen atoms in total. The van der Waals surface area contributed by atoms with Gasteiger partial charge in [-0.05, 0) is 42.9 Å². The summed E-state index contributed by atoms with van der Waals surface area (Å²) in [7, 11) is 0. The maximum Gasteiger partial charge on any atom is 0.123 e. The van der Waals surface area contributed by atoms with Gasteiger partial charge in [-0.2, -0.15) is 0 Å². The lowest BCUT2D eigenvalue weighted by Gasteiger charge is -2.11. The largest absolute Gasteiger partial charge is 0.389 e. The lowest BCUT2D eigenvalue weighted by Crippen LogP contribution is -1.96. The highest BCUT2D eigenvalue weighted by atomic mass is 32.2. The van der Waals surface area contributed by atoms with Crippen molar-refractivity contribution in [2.24, 2.45) is 0 Å². The Balaban J connectivity index is 2.64. The summed E-state index contributed by atoms with van der Waals surface area (Å²) in [6.45, 7) is 3.84. The van der Waals surface area contributed by atoms with Gasteiger partial charge in [0.15, 0.2) is 0 Å². The molecule has 90 valence electrons. The van der Waals surface area contributed by atoms with Crippen LogP contribution in [0.4, 0.5) is 4.39 Å². The highest BCUT2D eigenvalue weighted by Gasteiger charge is 2.09. The van der Waals surface area contributed by atoms with Gasteiger partial charge < -0.3 is 5.11 Å². The number of aliphatic hydroxyl groups excluding tert-OH is 1. The van der Waals surface area contributed by atoms with Crippen LogP contribution >= 0.6 is 11.8 Å². The Hall–Kier alpha value is -0.540. The van der Waals surface area contributed by atoms with Gasteiger partial charge in [-0.25, -0.2) is 4.39 Å². The molecule has 0 saturated carbocycles. The van der Waals surface area contributed by atoms with Crippen LogP contribution in [-0.4, -0.2) is 10.9 Å². The van der Waals surface area contributed by atoms with Crippen LogP contribution in [0.3, 0.4) is 0 Å². The molecule has 1 atom stereocenters. The van der Waals surface area contributed by atoms with E-state index in [1.807, 2.05) is 0 Å². The highest BCUT2D eigenvalue weighted by Crippen LogP contribution is 2.29. The van der Waals surface area contributed by atoms with Crippen LogP contribution in [0, 0.1) is 5.82 Å². The molecule has 1 N–H and O–H groups in total. The summed E-state index contributed by atoms with van der Waals surface area (Å²) in [4.78, 5) is 0.993. The highest BCUT2D eigenvalue weighted by molar-refractivity contribution is 7.99. The molecule has 0 aromatic heterocycles. The van der Waals surface area contributed by atoms with Crippen LogP contribution in [0.2, 0.25) is 0 Å². The van der Waals surface area contributed by atoms with Gasteiger partial charge in [0.2, 0.25) is 0 Å². The van der Waals surface area contributed by atoms with Crippen LogP contribution in [0.15, 0.2) is 23.1 Å². The van der Waals surface area contributed by atoms with E-state index in [1.54, 1.807) is 24.8 Å². The van der Waals surface area contributed by atoms with Gasteiger partial charge >= 0.3 is 0 Å². The van der Waals surface area contributed by atoms with Gasteiger partial charge in [-0.1, -0.05) is 19.8 Å². The number of aliphatic hydroxyl groups is 1. The average Bonchev–Trinajstić information content (AvgIpc) is 2.26. The van der Waals surface area contributed by atoms with Crippen molar-refractivity contribution in [1.82, 2.24) is 0 Å². The van der Waals surface area contributed by atoms with Crippen LogP contribution in [0.1, 0.15) is 44.8 Å². The zero-order chi connectivity index (χ0) is 12.0. The summed E-state index contributed by atoms with van der Waals surface area (Å²) in [6.07, 6.45) is 2.98. The minimum absolute atomic E-state index is 0.284. The van der Waals surface area contributed by atoms with Gasteiger partial charge in [0, 0.05) is 4.90 Å². The molecular formula is C13H19FOS. The Kier molecular flexibility index (Phi) is 5.85. The minimum atomic E-state index is -0.607. The Morgan fingerprint density at radius 2 is 2.12 bits per heavy atom. The van der Waals surface area contributed by atoms with Crippen molar-refractivity contribution in [3.8, 4) is 0 Å². The standard InChI is InChI=1S/C13H19FOS/c1-3-4-5-8-16-13-7-6-11(14)9-12(13)10(2)15/h6-7,9-10,15H,3-5,8H2,1-2H3/t10-/m0/s1. The van der Waals surface area contributed by atoms with Gasteiger partial charge in [0.1, 0.15) is 5.82 Å². The first kappa shape index (κ1) is 13.5. The monoisotopic (exact) mass is 242 g/mol. The Morgan fingerprint density at radius 3 is 2.75 bits per heavy atom. The van der Waals surface area contributed by atoms with Crippen molar-refractivity contribution in [3.05, 3.63) is 29.6 Å². The second kappa shape index (κ2) is 6.92. The summed E-state index contributed by atoms with van der Waals surface area (Å²) < 4.78 is 13.0. The van der Waals surface area contributed by atoms with Crippen LogP contribution in [0.5, 0.6) is 0 Å². The van der Waals surface area contributed by atoms with E-state index in [0.717, 1.165) is 17.1 Å². The molecule has 0 saturated heterocycles. The lowest BCUT2D eigenvalue weighted by atomic mass is 10.1. The molecule has 0 spiro atoms. The number of thioether (sulfide) groups is 1. The molecular weight excluding hydrogens is 223 g/mol. The minimum Gasteiger partial charge on any atom is -0.389 e. The first-order valence-electron chi connectivity index (χ1n) is 5.75. The average molecular weight is 242 g/mol. The van der Waals surface area contributed by atoms with Crippen LogP contribution in [-0.2, 0) is 0 Å². The summed E-state index contributed by atoms with van der Waals surface area (Å²) in [5.74, 6) is 0.743. The maximum absolute atomic E-state index is 13.0. The van der Waals surface area contributed by atoms with E-state index < -0.39 is 6.10 Å². The molecule has 1 rings (SSSR count). The third-order valence-electron chi connectivity index (χ3n) is 2.43. The summed E-state index contributed by atoms with van der Waals surface area (Å²) in [5.41, 5.74) is 0.696. The molecule has 0 heterocycles. The smallest absolute Gasteiger partial charge is 0.123 e. The lowest BCUT2D eigenvalue weighted by molar-refractivity contribution is 0.196. The topological polar surface area (TPSA) is 20.2 Å². The fourth-order valence-electron chi connectivity index (χ4n) is 1.51.